The van der Waals surface area contributed by atoms with Crippen molar-refractivity contribution in [3.8, 4) is 34.5 Å². The Balaban J connectivity index is 1.19. The Morgan fingerprint density at radius 2 is 0.839 bits per heavy atom. The van der Waals surface area contributed by atoms with Gasteiger partial charge in [0.2, 0.25) is 0 Å². The van der Waals surface area contributed by atoms with E-state index in [0.717, 1.165) is 70.2 Å². The molecule has 3 aliphatic heterocycles. The molecule has 0 saturated heterocycles. The SMILES string of the molecule is CCCCC(CC)CN1C(=O)c2ccc3c4c(Oc5cc(C(C)(C)C)cc(C(C)(C)C)c5)cc5c6c(ccc(c7c(Oc8cc(C(C)(C)C)cc(C(C)(C)C)c8)cc(c2c37)C1=O)c64)C(=O)N(c1cc(C(C)(C)C)cc2c1Oc1c(N)cc(C(C)(C)C)cc1C2(C)C)C5=O. The Labute approximate surface area is 550 Å². The van der Waals surface area contributed by atoms with Crippen molar-refractivity contribution in [1.82, 2.24) is 4.90 Å². The maximum Gasteiger partial charge on any atom is 0.266 e. The van der Waals surface area contributed by atoms with Crippen LogP contribution in [0.25, 0.3) is 43.1 Å². The Morgan fingerprint density at radius 3 is 1.27 bits per heavy atom. The first-order valence-electron chi connectivity index (χ1n) is 33.7. The van der Waals surface area contributed by atoms with E-state index in [1.807, 2.05) is 48.5 Å². The predicted molar refractivity (Wildman–Crippen MR) is 382 cm³/mol. The molecule has 0 aromatic heterocycles. The van der Waals surface area contributed by atoms with Crippen molar-refractivity contribution in [3.05, 3.63) is 164 Å². The summed E-state index contributed by atoms with van der Waals surface area (Å²) in [7, 11) is 0. The Morgan fingerprint density at radius 1 is 0.452 bits per heavy atom. The molecular weight excluding hydrogens is 1150 g/mol. The molecule has 0 aliphatic carbocycles. The third-order valence-corrected chi connectivity index (χ3v) is 20.3. The molecule has 10 nitrogen and oxygen atoms in total. The number of nitrogens with two attached hydrogens (primary N) is 1. The van der Waals surface area contributed by atoms with Gasteiger partial charge < -0.3 is 19.9 Å². The van der Waals surface area contributed by atoms with Crippen LogP contribution in [0.2, 0.25) is 0 Å². The Bertz CT molecular complexity index is 4610. The zero-order chi connectivity index (χ0) is 67.7. The molecule has 93 heavy (non-hydrogen) atoms. The fraction of sp³-hybridized carbons (Fsp3) is 0.422. The van der Waals surface area contributed by atoms with Crippen LogP contribution in [-0.4, -0.2) is 35.1 Å². The molecule has 484 valence electrons. The van der Waals surface area contributed by atoms with E-state index < -0.39 is 22.6 Å². The number of ether oxygens (including phenoxy) is 3. The van der Waals surface area contributed by atoms with Gasteiger partial charge in [0, 0.05) is 66.5 Å². The van der Waals surface area contributed by atoms with Crippen LogP contribution >= 0.6 is 0 Å². The summed E-state index contributed by atoms with van der Waals surface area (Å²) in [5.41, 5.74) is 14.8. The summed E-state index contributed by atoms with van der Waals surface area (Å²) in [4.78, 5) is 66.6. The van der Waals surface area contributed by atoms with Crippen LogP contribution in [0, 0.1) is 5.92 Å². The van der Waals surface area contributed by atoms with Gasteiger partial charge in [-0.15, -0.1) is 0 Å². The second kappa shape index (κ2) is 21.7. The minimum absolute atomic E-state index is 0.117. The molecule has 3 heterocycles. The molecule has 0 saturated carbocycles. The lowest BCUT2D eigenvalue weighted by Crippen LogP contribution is -2.43. The first-order chi connectivity index (χ1) is 43.1. The number of hydrogen-bond acceptors (Lipinski definition) is 8. The van der Waals surface area contributed by atoms with Gasteiger partial charge in [0.25, 0.3) is 23.6 Å². The minimum atomic E-state index is -0.694. The van der Waals surface area contributed by atoms with Crippen molar-refractivity contribution >= 4 is 78.1 Å². The zero-order valence-corrected chi connectivity index (χ0v) is 59.2. The molecule has 1 unspecified atom stereocenters. The van der Waals surface area contributed by atoms with Crippen LogP contribution in [0.15, 0.2) is 97.1 Å². The maximum absolute atomic E-state index is 16.6. The van der Waals surface area contributed by atoms with E-state index in [1.165, 1.54) is 9.80 Å². The van der Waals surface area contributed by atoms with Crippen molar-refractivity contribution in [2.45, 2.75) is 216 Å². The topological polar surface area (TPSA) is 128 Å². The average Bonchev–Trinajstić information content (AvgIpc) is 0.681. The van der Waals surface area contributed by atoms with Gasteiger partial charge in [-0.2, -0.15) is 0 Å². The molecule has 9 aromatic rings. The van der Waals surface area contributed by atoms with Crippen molar-refractivity contribution in [3.63, 3.8) is 0 Å². The summed E-state index contributed by atoms with van der Waals surface area (Å²) in [5.74, 6) is 1.11. The summed E-state index contributed by atoms with van der Waals surface area (Å²) >= 11 is 0. The highest BCUT2D eigenvalue weighted by atomic mass is 16.5. The molecule has 0 fully saturated rings. The summed E-state index contributed by atoms with van der Waals surface area (Å²) in [5, 5.41) is 4.82. The third-order valence-electron chi connectivity index (χ3n) is 20.3. The van der Waals surface area contributed by atoms with E-state index in [9.17, 15) is 0 Å². The number of nitrogen functional groups attached to an aromatic ring is 1. The normalized spacial score (nSPS) is 15.6. The van der Waals surface area contributed by atoms with Gasteiger partial charge in [-0.3, -0.25) is 24.1 Å². The van der Waals surface area contributed by atoms with Crippen molar-refractivity contribution in [1.29, 1.82) is 0 Å². The third kappa shape index (κ3) is 10.8. The summed E-state index contributed by atoms with van der Waals surface area (Å²) in [6.45, 7) is 48.0. The number of imide groups is 2. The van der Waals surface area contributed by atoms with E-state index in [4.69, 9.17) is 19.9 Å². The fourth-order valence-corrected chi connectivity index (χ4v) is 14.2. The van der Waals surface area contributed by atoms with Crippen LogP contribution < -0.4 is 24.8 Å². The molecule has 9 aromatic carbocycles. The highest BCUT2D eigenvalue weighted by molar-refractivity contribution is 6.45. The number of rotatable bonds is 11. The van der Waals surface area contributed by atoms with Crippen LogP contribution in [0.4, 0.5) is 11.4 Å². The molecule has 1 atom stereocenters. The smallest absolute Gasteiger partial charge is 0.266 e. The highest BCUT2D eigenvalue weighted by Crippen LogP contribution is 2.58. The predicted octanol–water partition coefficient (Wildman–Crippen LogP) is 21.7. The van der Waals surface area contributed by atoms with Crippen molar-refractivity contribution in [2.24, 2.45) is 5.92 Å². The fourth-order valence-electron chi connectivity index (χ4n) is 14.2. The van der Waals surface area contributed by atoms with E-state index in [-0.39, 0.29) is 50.4 Å². The zero-order valence-electron chi connectivity index (χ0n) is 59.2. The molecular formula is C83H95N3O7. The van der Waals surface area contributed by atoms with Gasteiger partial charge in [0.05, 0.1) is 22.5 Å². The quantitative estimate of drug-likeness (QED) is 0.0587. The second-order valence-corrected chi connectivity index (χ2v) is 33.7. The monoisotopic (exact) mass is 1250 g/mol. The van der Waals surface area contributed by atoms with Crippen LogP contribution in [-0.2, 0) is 37.9 Å². The van der Waals surface area contributed by atoms with Gasteiger partial charge in [-0.1, -0.05) is 208 Å². The van der Waals surface area contributed by atoms with Crippen LogP contribution in [0.5, 0.6) is 34.5 Å². The number of anilines is 2. The maximum atomic E-state index is 16.6. The summed E-state index contributed by atoms with van der Waals surface area (Å²) in [6.07, 6.45) is 3.71. The van der Waals surface area contributed by atoms with Gasteiger partial charge in [-0.25, -0.2) is 4.90 Å². The lowest BCUT2D eigenvalue weighted by atomic mass is 9.71. The first kappa shape index (κ1) is 64.8. The molecule has 2 N–H and O–H groups in total. The van der Waals surface area contributed by atoms with Gasteiger partial charge in [-0.05, 0) is 150 Å². The van der Waals surface area contributed by atoms with E-state index in [0.29, 0.717) is 112 Å². The molecule has 0 spiro atoms. The molecule has 0 bridgehead atoms. The number of fused-ring (bicyclic) bond motifs is 4. The molecule has 10 heteroatoms. The van der Waals surface area contributed by atoms with E-state index >= 15 is 19.2 Å². The number of nitrogens with zero attached hydrogens (tertiary/aromatic N) is 2. The largest absolute Gasteiger partial charge is 0.457 e. The number of hydrogen-bond donors (Lipinski definition) is 1. The van der Waals surface area contributed by atoms with Gasteiger partial charge in [0.1, 0.15) is 23.0 Å². The molecule has 3 aliphatic rings. The number of amides is 4. The first-order valence-corrected chi connectivity index (χ1v) is 33.7. The number of unbranched alkanes of at least 4 members (excludes halogenated alkanes) is 1. The Kier molecular flexibility index (Phi) is 15.1. The minimum Gasteiger partial charge on any atom is -0.457 e. The van der Waals surface area contributed by atoms with Crippen LogP contribution in [0.1, 0.15) is 264 Å². The van der Waals surface area contributed by atoms with Crippen molar-refractivity contribution in [2.75, 3.05) is 17.2 Å². The number of benzene rings is 9. The molecule has 12 rings (SSSR count). The van der Waals surface area contributed by atoms with Crippen LogP contribution in [0.3, 0.4) is 0 Å². The molecule has 0 radical (unpaired) electrons. The van der Waals surface area contributed by atoms with E-state index in [1.54, 1.807) is 0 Å². The lowest BCUT2D eigenvalue weighted by Gasteiger charge is -2.40. The summed E-state index contributed by atoms with van der Waals surface area (Å²) in [6, 6.07) is 32.3. The summed E-state index contributed by atoms with van der Waals surface area (Å²) < 4.78 is 22.0. The lowest BCUT2D eigenvalue weighted by molar-refractivity contribution is 0.0579. The van der Waals surface area contributed by atoms with Crippen molar-refractivity contribution < 1.29 is 33.4 Å². The number of carbonyl (C=O) groups excluding carboxylic acids is 4. The number of carbonyl (C=O) groups is 4. The van der Waals surface area contributed by atoms with Gasteiger partial charge in [0.15, 0.2) is 11.5 Å². The van der Waals surface area contributed by atoms with Gasteiger partial charge >= 0.3 is 0 Å². The second-order valence-electron chi connectivity index (χ2n) is 33.7. The Hall–Kier alpha value is -8.24. The average molecular weight is 1250 g/mol. The standard InChI is InChI=1S/C83H95N3O7/c1-23-25-26-44(24-2)43-85-73(87)55-29-27-53-68-64(92-52-35-47(79(9,10)11)32-48(36-52)80(12,13)14)42-58-66-56(30-28-54(70(66)68)67-63(41-57(74(85)88)65(55)69(53)67)91-51-33-45(77(3,4)5)31-46(34-51)78(6,7)8)75(89)86(76(58)90)62-40-50(82(18,19)20)38-60-72(62)93-71-59(83(60,21)22)37-49(39-61(71)84)81(15,16)17/h27-42,44H,23-26,43,84H2,1-22H3. The highest BCUT2D eigenvalue weighted by Gasteiger charge is 2.45. The van der Waals surface area contributed by atoms with E-state index in [2.05, 4.69) is 201 Å². The molecule has 4 amide bonds.